The van der Waals surface area contributed by atoms with Crippen molar-refractivity contribution in [2.75, 3.05) is 19.6 Å². The van der Waals surface area contributed by atoms with Gasteiger partial charge >= 0.3 is 0 Å². The van der Waals surface area contributed by atoms with Gasteiger partial charge in [-0.2, -0.15) is 5.10 Å². The third-order valence-electron chi connectivity index (χ3n) is 4.52. The average molecular weight is 301 g/mol. The van der Waals surface area contributed by atoms with E-state index in [-0.39, 0.29) is 5.91 Å². The summed E-state index contributed by atoms with van der Waals surface area (Å²) in [5, 5.41) is 4.49. The highest BCUT2D eigenvalue weighted by Gasteiger charge is 2.27. The summed E-state index contributed by atoms with van der Waals surface area (Å²) in [5.74, 6) is 0.581. The van der Waals surface area contributed by atoms with Crippen LogP contribution in [0.4, 0.5) is 0 Å². The Kier molecular flexibility index (Phi) is 3.87. The smallest absolute Gasteiger partial charge is 0.259 e. The van der Waals surface area contributed by atoms with Crippen molar-refractivity contribution in [2.24, 2.45) is 11.7 Å². The van der Waals surface area contributed by atoms with Crippen LogP contribution >= 0.6 is 0 Å². The highest BCUT2D eigenvalue weighted by Crippen LogP contribution is 2.22. The number of carbonyl (C=O) groups excluding carboxylic acids is 1. The highest BCUT2D eigenvalue weighted by molar-refractivity contribution is 6.01. The maximum absolute atomic E-state index is 12.9. The number of aryl methyl sites for hydroxylation is 3. The Balaban J connectivity index is 1.96. The predicted octanol–water partition coefficient (Wildman–Crippen LogP) is 1.47. The lowest BCUT2D eigenvalue weighted by Crippen LogP contribution is -2.40. The number of amides is 1. The second kappa shape index (κ2) is 5.68. The van der Waals surface area contributed by atoms with E-state index < -0.39 is 0 Å². The lowest BCUT2D eigenvalue weighted by Gasteiger charge is -2.31. The molecule has 0 spiro atoms. The molecule has 3 heterocycles. The van der Waals surface area contributed by atoms with E-state index in [0.29, 0.717) is 23.7 Å². The van der Waals surface area contributed by atoms with E-state index in [4.69, 9.17) is 5.73 Å². The van der Waals surface area contributed by atoms with Crippen LogP contribution < -0.4 is 5.73 Å². The molecule has 6 nitrogen and oxygen atoms in total. The molecule has 0 unspecified atom stereocenters. The Hall–Kier alpha value is -1.95. The van der Waals surface area contributed by atoms with Crippen molar-refractivity contribution in [3.8, 4) is 0 Å². The van der Waals surface area contributed by atoms with Crippen molar-refractivity contribution in [1.29, 1.82) is 0 Å². The van der Waals surface area contributed by atoms with Gasteiger partial charge in [-0.25, -0.2) is 9.50 Å². The van der Waals surface area contributed by atoms with Gasteiger partial charge in [0.1, 0.15) is 5.56 Å². The molecule has 0 atom stereocenters. The summed E-state index contributed by atoms with van der Waals surface area (Å²) in [6, 6.07) is 1.97. The summed E-state index contributed by atoms with van der Waals surface area (Å²) < 4.78 is 1.77. The second-order valence-electron chi connectivity index (χ2n) is 6.21. The number of piperidine rings is 1. The van der Waals surface area contributed by atoms with Gasteiger partial charge in [0.05, 0.1) is 5.69 Å². The molecule has 6 heteroatoms. The molecule has 1 aliphatic rings. The van der Waals surface area contributed by atoms with E-state index in [1.165, 1.54) is 0 Å². The van der Waals surface area contributed by atoms with E-state index in [9.17, 15) is 4.79 Å². The monoisotopic (exact) mass is 301 g/mol. The van der Waals surface area contributed by atoms with Gasteiger partial charge in [-0.05, 0) is 52.1 Å². The van der Waals surface area contributed by atoms with Crippen LogP contribution in [-0.4, -0.2) is 45.0 Å². The Morgan fingerprint density at radius 2 is 2.00 bits per heavy atom. The van der Waals surface area contributed by atoms with E-state index in [1.54, 1.807) is 4.52 Å². The summed E-state index contributed by atoms with van der Waals surface area (Å²) in [7, 11) is 0. The number of nitrogens with zero attached hydrogens (tertiary/aromatic N) is 4. The van der Waals surface area contributed by atoms with Crippen LogP contribution in [0.15, 0.2) is 6.07 Å². The van der Waals surface area contributed by atoms with Gasteiger partial charge in [0.2, 0.25) is 0 Å². The Bertz CT molecular complexity index is 713. The third-order valence-corrected chi connectivity index (χ3v) is 4.52. The van der Waals surface area contributed by atoms with Gasteiger partial charge in [0.25, 0.3) is 5.91 Å². The highest BCUT2D eigenvalue weighted by atomic mass is 16.2. The first-order valence-corrected chi connectivity index (χ1v) is 7.84. The minimum absolute atomic E-state index is 0.0421. The lowest BCUT2D eigenvalue weighted by molar-refractivity contribution is 0.0694. The zero-order chi connectivity index (χ0) is 15.9. The minimum Gasteiger partial charge on any atom is -0.338 e. The quantitative estimate of drug-likeness (QED) is 0.911. The van der Waals surface area contributed by atoms with Crippen molar-refractivity contribution in [2.45, 2.75) is 33.6 Å². The van der Waals surface area contributed by atoms with Gasteiger partial charge in [-0.15, -0.1) is 0 Å². The van der Waals surface area contributed by atoms with Crippen molar-refractivity contribution < 1.29 is 4.79 Å². The number of rotatable bonds is 2. The molecule has 1 amide bonds. The molecule has 0 saturated carbocycles. The summed E-state index contributed by atoms with van der Waals surface area (Å²) in [6.07, 6.45) is 1.96. The Morgan fingerprint density at radius 1 is 1.32 bits per heavy atom. The summed E-state index contributed by atoms with van der Waals surface area (Å²) >= 11 is 0. The van der Waals surface area contributed by atoms with Crippen molar-refractivity contribution in [3.05, 3.63) is 28.7 Å². The summed E-state index contributed by atoms with van der Waals surface area (Å²) in [6.45, 7) is 8.04. The summed E-state index contributed by atoms with van der Waals surface area (Å²) in [4.78, 5) is 19.4. The van der Waals surface area contributed by atoms with Crippen LogP contribution in [-0.2, 0) is 0 Å². The standard InChI is InChI=1S/C16H23N5O/c1-10-8-11(2)21-15(18-10)14(12(3)19-21)16(22)20-6-4-13(9-17)5-7-20/h8,13H,4-7,9,17H2,1-3H3. The largest absolute Gasteiger partial charge is 0.338 e. The van der Waals surface area contributed by atoms with Crippen molar-refractivity contribution >= 4 is 11.6 Å². The van der Waals surface area contributed by atoms with E-state index in [2.05, 4.69) is 10.1 Å². The molecule has 0 aromatic carbocycles. The van der Waals surface area contributed by atoms with Gasteiger partial charge in [-0.3, -0.25) is 4.79 Å². The van der Waals surface area contributed by atoms with E-state index in [0.717, 1.165) is 43.0 Å². The fraction of sp³-hybridized carbons (Fsp3) is 0.562. The number of aromatic nitrogens is 3. The fourth-order valence-electron chi connectivity index (χ4n) is 3.21. The number of carbonyl (C=O) groups is 1. The number of hydrogen-bond acceptors (Lipinski definition) is 4. The van der Waals surface area contributed by atoms with Crippen LogP contribution in [0.25, 0.3) is 5.65 Å². The molecule has 118 valence electrons. The maximum atomic E-state index is 12.9. The molecule has 0 bridgehead atoms. The minimum atomic E-state index is 0.0421. The van der Waals surface area contributed by atoms with Gasteiger partial charge in [0, 0.05) is 24.5 Å². The molecule has 1 saturated heterocycles. The molecular weight excluding hydrogens is 278 g/mol. The number of likely N-dealkylation sites (tertiary alicyclic amines) is 1. The molecule has 2 N–H and O–H groups in total. The van der Waals surface area contributed by atoms with Crippen LogP contribution in [0.3, 0.4) is 0 Å². The zero-order valence-corrected chi connectivity index (χ0v) is 13.5. The van der Waals surface area contributed by atoms with Crippen LogP contribution in [0, 0.1) is 26.7 Å². The molecular formula is C16H23N5O. The van der Waals surface area contributed by atoms with Crippen LogP contribution in [0.5, 0.6) is 0 Å². The first-order chi connectivity index (χ1) is 10.5. The topological polar surface area (TPSA) is 76.5 Å². The Labute approximate surface area is 130 Å². The zero-order valence-electron chi connectivity index (χ0n) is 13.5. The van der Waals surface area contributed by atoms with Crippen LogP contribution in [0.1, 0.15) is 40.3 Å². The molecule has 1 fully saturated rings. The fourth-order valence-corrected chi connectivity index (χ4v) is 3.21. The predicted molar refractivity (Wildman–Crippen MR) is 84.9 cm³/mol. The average Bonchev–Trinajstić information content (AvgIpc) is 2.83. The lowest BCUT2D eigenvalue weighted by atomic mass is 9.96. The molecule has 3 rings (SSSR count). The number of hydrogen-bond donors (Lipinski definition) is 1. The first kappa shape index (κ1) is 15.0. The van der Waals surface area contributed by atoms with Crippen molar-refractivity contribution in [3.63, 3.8) is 0 Å². The molecule has 0 aliphatic carbocycles. The van der Waals surface area contributed by atoms with E-state index in [1.807, 2.05) is 31.7 Å². The molecule has 2 aromatic heterocycles. The Morgan fingerprint density at radius 3 is 2.64 bits per heavy atom. The van der Waals surface area contributed by atoms with Gasteiger partial charge < -0.3 is 10.6 Å². The van der Waals surface area contributed by atoms with E-state index >= 15 is 0 Å². The van der Waals surface area contributed by atoms with Crippen LogP contribution in [0.2, 0.25) is 0 Å². The van der Waals surface area contributed by atoms with Gasteiger partial charge in [-0.1, -0.05) is 0 Å². The normalized spacial score (nSPS) is 16.5. The number of fused-ring (bicyclic) bond motifs is 1. The molecule has 0 radical (unpaired) electrons. The second-order valence-corrected chi connectivity index (χ2v) is 6.21. The molecule has 1 aliphatic heterocycles. The number of nitrogens with two attached hydrogens (primary N) is 1. The molecule has 2 aromatic rings. The summed E-state index contributed by atoms with van der Waals surface area (Å²) in [5.41, 5.74) is 9.67. The molecule has 22 heavy (non-hydrogen) atoms. The van der Waals surface area contributed by atoms with Crippen molar-refractivity contribution in [1.82, 2.24) is 19.5 Å². The van der Waals surface area contributed by atoms with Gasteiger partial charge in [0.15, 0.2) is 5.65 Å². The maximum Gasteiger partial charge on any atom is 0.259 e. The SMILES string of the molecule is Cc1cc(C)n2nc(C)c(C(=O)N3CCC(CN)CC3)c2n1. The first-order valence-electron chi connectivity index (χ1n) is 7.84. The third kappa shape index (κ3) is 2.47.